The van der Waals surface area contributed by atoms with E-state index in [2.05, 4.69) is 69.0 Å². The SMILES string of the molecule is CN1CCN(c2ccc(-c3cnc4[nH]cc(C#Cc5ccc(C(=O)O)cc5)c4c3)cc2)CC1. The maximum atomic E-state index is 11.0. The number of nitrogens with one attached hydrogen (secondary N) is 1. The fourth-order valence-electron chi connectivity index (χ4n) is 4.03. The zero-order valence-corrected chi connectivity index (χ0v) is 18.4. The molecule has 1 aliphatic rings. The number of pyridine rings is 1. The number of aromatic carboxylic acids is 1. The molecule has 6 heteroatoms. The van der Waals surface area contributed by atoms with Crippen LogP contribution in [-0.4, -0.2) is 59.2 Å². The third-order valence-electron chi connectivity index (χ3n) is 6.07. The van der Waals surface area contributed by atoms with E-state index in [0.29, 0.717) is 0 Å². The van der Waals surface area contributed by atoms with Crippen molar-refractivity contribution in [3.05, 3.63) is 83.7 Å². The highest BCUT2D eigenvalue weighted by Crippen LogP contribution is 2.27. The summed E-state index contributed by atoms with van der Waals surface area (Å²) in [5, 5.41) is 10.00. The largest absolute Gasteiger partial charge is 0.478 e. The first-order valence-electron chi connectivity index (χ1n) is 10.9. The van der Waals surface area contributed by atoms with E-state index < -0.39 is 5.97 Å². The van der Waals surface area contributed by atoms with Crippen LogP contribution in [0.15, 0.2) is 67.0 Å². The summed E-state index contributed by atoms with van der Waals surface area (Å²) in [6, 6.07) is 17.3. The first kappa shape index (κ1) is 20.8. The zero-order chi connectivity index (χ0) is 22.8. The molecule has 1 fully saturated rings. The molecule has 0 spiro atoms. The lowest BCUT2D eigenvalue weighted by molar-refractivity contribution is 0.0697. The minimum Gasteiger partial charge on any atom is -0.478 e. The van der Waals surface area contributed by atoms with Crippen molar-refractivity contribution in [3.8, 4) is 23.0 Å². The van der Waals surface area contributed by atoms with Gasteiger partial charge in [0, 0.05) is 60.8 Å². The Balaban J connectivity index is 1.39. The quantitative estimate of drug-likeness (QED) is 0.474. The van der Waals surface area contributed by atoms with Crippen molar-refractivity contribution >= 4 is 22.7 Å². The number of H-pyrrole nitrogens is 1. The van der Waals surface area contributed by atoms with Crippen molar-refractivity contribution in [1.29, 1.82) is 0 Å². The van der Waals surface area contributed by atoms with Crippen LogP contribution < -0.4 is 4.90 Å². The smallest absolute Gasteiger partial charge is 0.335 e. The highest BCUT2D eigenvalue weighted by Gasteiger charge is 2.14. The number of hydrogen-bond donors (Lipinski definition) is 2. The second-order valence-electron chi connectivity index (χ2n) is 8.29. The third-order valence-corrected chi connectivity index (χ3v) is 6.07. The normalized spacial score (nSPS) is 14.2. The Bertz CT molecular complexity index is 1350. The number of fused-ring (bicyclic) bond motifs is 1. The number of carboxylic acid groups (broad SMARTS) is 1. The molecule has 2 aromatic carbocycles. The summed E-state index contributed by atoms with van der Waals surface area (Å²) >= 11 is 0. The van der Waals surface area contributed by atoms with Crippen molar-refractivity contribution in [1.82, 2.24) is 14.9 Å². The Morgan fingerprint density at radius 2 is 1.70 bits per heavy atom. The van der Waals surface area contributed by atoms with Crippen LogP contribution >= 0.6 is 0 Å². The van der Waals surface area contributed by atoms with Gasteiger partial charge < -0.3 is 19.9 Å². The van der Waals surface area contributed by atoms with Gasteiger partial charge in [-0.3, -0.25) is 0 Å². The number of piperazine rings is 1. The highest BCUT2D eigenvalue weighted by atomic mass is 16.4. The number of hydrogen-bond acceptors (Lipinski definition) is 4. The van der Waals surface area contributed by atoms with Gasteiger partial charge in [-0.1, -0.05) is 24.0 Å². The van der Waals surface area contributed by atoms with Crippen LogP contribution in [0, 0.1) is 11.8 Å². The Labute approximate surface area is 192 Å². The van der Waals surface area contributed by atoms with Gasteiger partial charge in [0.1, 0.15) is 5.65 Å². The molecule has 4 aromatic rings. The van der Waals surface area contributed by atoms with Crippen LogP contribution in [0.25, 0.3) is 22.2 Å². The average molecular weight is 437 g/mol. The summed E-state index contributed by atoms with van der Waals surface area (Å²) in [6.45, 7) is 4.27. The van der Waals surface area contributed by atoms with Crippen molar-refractivity contribution < 1.29 is 9.90 Å². The van der Waals surface area contributed by atoms with Crippen LogP contribution in [0.5, 0.6) is 0 Å². The van der Waals surface area contributed by atoms with Crippen molar-refractivity contribution in [2.24, 2.45) is 0 Å². The van der Waals surface area contributed by atoms with Gasteiger partial charge in [-0.05, 0) is 55.1 Å². The standard InChI is InChI=1S/C27H24N4O2/c1-30-12-14-31(15-13-30)24-10-8-20(9-11-24)23-16-25-22(17-28-26(25)29-18-23)7-4-19-2-5-21(6-3-19)27(32)33/h2-3,5-6,8-11,16-18H,12-15H2,1H3,(H,28,29)(H,32,33). The molecule has 0 radical (unpaired) electrons. The lowest BCUT2D eigenvalue weighted by atomic mass is 10.0. The van der Waals surface area contributed by atoms with Crippen molar-refractivity contribution in [2.75, 3.05) is 38.1 Å². The van der Waals surface area contributed by atoms with Gasteiger partial charge in [0.05, 0.1) is 11.1 Å². The van der Waals surface area contributed by atoms with Gasteiger partial charge >= 0.3 is 5.97 Å². The third kappa shape index (κ3) is 4.45. The molecule has 164 valence electrons. The molecule has 5 rings (SSSR count). The Hall–Kier alpha value is -4.08. The zero-order valence-electron chi connectivity index (χ0n) is 18.4. The van der Waals surface area contributed by atoms with E-state index >= 15 is 0 Å². The first-order valence-corrected chi connectivity index (χ1v) is 10.9. The fourth-order valence-corrected chi connectivity index (χ4v) is 4.03. The second-order valence-corrected chi connectivity index (χ2v) is 8.29. The number of likely N-dealkylation sites (N-methyl/N-ethyl adjacent to an activating group) is 1. The lowest BCUT2D eigenvalue weighted by Gasteiger charge is -2.34. The summed E-state index contributed by atoms with van der Waals surface area (Å²) in [7, 11) is 2.16. The predicted octanol–water partition coefficient (Wildman–Crippen LogP) is 4.08. The maximum Gasteiger partial charge on any atom is 0.335 e. The van der Waals surface area contributed by atoms with E-state index in [1.54, 1.807) is 24.3 Å². The summed E-state index contributed by atoms with van der Waals surface area (Å²) in [5.74, 6) is 5.36. The van der Waals surface area contributed by atoms with Crippen LogP contribution in [-0.2, 0) is 0 Å². The molecule has 3 heterocycles. The van der Waals surface area contributed by atoms with E-state index in [4.69, 9.17) is 5.11 Å². The van der Waals surface area contributed by atoms with E-state index in [1.807, 2.05) is 12.4 Å². The van der Waals surface area contributed by atoms with Gasteiger partial charge in [-0.15, -0.1) is 0 Å². The molecule has 0 amide bonds. The number of aromatic amines is 1. The average Bonchev–Trinajstić information content (AvgIpc) is 3.26. The molecule has 0 atom stereocenters. The van der Waals surface area contributed by atoms with Crippen LogP contribution in [0.2, 0.25) is 0 Å². The maximum absolute atomic E-state index is 11.0. The van der Waals surface area contributed by atoms with Gasteiger partial charge in [0.2, 0.25) is 0 Å². The first-order chi connectivity index (χ1) is 16.1. The molecule has 6 nitrogen and oxygen atoms in total. The summed E-state index contributed by atoms with van der Waals surface area (Å²) in [6.07, 6.45) is 3.74. The number of nitrogens with zero attached hydrogens (tertiary/aromatic N) is 3. The molecule has 1 saturated heterocycles. The molecular formula is C27H24N4O2. The van der Waals surface area contributed by atoms with E-state index in [-0.39, 0.29) is 5.56 Å². The van der Waals surface area contributed by atoms with Gasteiger partial charge in [-0.25, -0.2) is 9.78 Å². The second kappa shape index (κ2) is 8.81. The molecular weight excluding hydrogens is 412 g/mol. The van der Waals surface area contributed by atoms with Crippen LogP contribution in [0.4, 0.5) is 5.69 Å². The molecule has 1 aliphatic heterocycles. The summed E-state index contributed by atoms with van der Waals surface area (Å²) in [4.78, 5) is 23.6. The molecule has 2 N–H and O–H groups in total. The minimum absolute atomic E-state index is 0.250. The van der Waals surface area contributed by atoms with Gasteiger partial charge in [-0.2, -0.15) is 0 Å². The number of aromatic nitrogens is 2. The number of benzene rings is 2. The Kier molecular flexibility index (Phi) is 5.55. The van der Waals surface area contributed by atoms with Gasteiger partial charge in [0.15, 0.2) is 0 Å². The number of anilines is 1. The van der Waals surface area contributed by atoms with Crippen LogP contribution in [0.1, 0.15) is 21.5 Å². The molecule has 0 unspecified atom stereocenters. The number of rotatable bonds is 3. The lowest BCUT2D eigenvalue weighted by Crippen LogP contribution is -2.44. The minimum atomic E-state index is -0.943. The summed E-state index contributed by atoms with van der Waals surface area (Å²) < 4.78 is 0. The van der Waals surface area contributed by atoms with Crippen molar-refractivity contribution in [2.45, 2.75) is 0 Å². The predicted molar refractivity (Wildman–Crippen MR) is 131 cm³/mol. The summed E-state index contributed by atoms with van der Waals surface area (Å²) in [5.41, 5.74) is 6.07. The molecule has 33 heavy (non-hydrogen) atoms. The van der Waals surface area contributed by atoms with E-state index in [9.17, 15) is 4.79 Å². The van der Waals surface area contributed by atoms with E-state index in [1.165, 1.54) is 5.69 Å². The number of carboxylic acids is 1. The monoisotopic (exact) mass is 436 g/mol. The van der Waals surface area contributed by atoms with Crippen LogP contribution in [0.3, 0.4) is 0 Å². The molecule has 0 aliphatic carbocycles. The van der Waals surface area contributed by atoms with Crippen molar-refractivity contribution in [3.63, 3.8) is 0 Å². The van der Waals surface area contributed by atoms with Gasteiger partial charge in [0.25, 0.3) is 0 Å². The molecule has 0 saturated carbocycles. The van der Waals surface area contributed by atoms with E-state index in [0.717, 1.165) is 59.5 Å². The Morgan fingerprint density at radius 3 is 2.39 bits per heavy atom. The molecule has 0 bridgehead atoms. The molecule has 2 aromatic heterocycles. The number of carbonyl (C=O) groups is 1. The fraction of sp³-hybridized carbons (Fsp3) is 0.185. The Morgan fingerprint density at radius 1 is 0.970 bits per heavy atom. The topological polar surface area (TPSA) is 72.5 Å². The highest BCUT2D eigenvalue weighted by molar-refractivity contribution is 5.88.